The van der Waals surface area contributed by atoms with Crippen LogP contribution in [-0.4, -0.2) is 35.1 Å². The maximum absolute atomic E-state index is 13.3. The molecule has 0 saturated heterocycles. The Morgan fingerprint density at radius 3 is 2.22 bits per heavy atom. The molecule has 0 unspecified atom stereocenters. The number of guanidine groups is 1. The average Bonchev–Trinajstić information content (AvgIpc) is 3.03. The normalized spacial score (nSPS) is 32.8. The number of nitrogens with two attached hydrogens (primary N) is 1. The lowest BCUT2D eigenvalue weighted by atomic mass is 9.71. The molecule has 5 nitrogen and oxygen atoms in total. The second-order valence-electron chi connectivity index (χ2n) is 11.5. The van der Waals surface area contributed by atoms with Gasteiger partial charge >= 0.3 is 0 Å². The van der Waals surface area contributed by atoms with Crippen LogP contribution in [-0.2, 0) is 9.59 Å². The molecule has 0 aromatic heterocycles. The maximum atomic E-state index is 13.3. The molecule has 0 aromatic rings. The first-order valence-electron chi connectivity index (χ1n) is 13.6. The van der Waals surface area contributed by atoms with Crippen LogP contribution < -0.4 is 5.73 Å². The molecule has 3 atom stereocenters. The number of likely N-dealkylation sites (N-methyl/N-ethyl adjacent to an activating group) is 1. The highest BCUT2D eigenvalue weighted by molar-refractivity contribution is 6.06. The zero-order valence-electron chi connectivity index (χ0n) is 20.3. The van der Waals surface area contributed by atoms with Gasteiger partial charge in [0, 0.05) is 19.4 Å². The molecule has 4 aliphatic rings. The molecule has 3 aliphatic carbocycles. The van der Waals surface area contributed by atoms with Crippen LogP contribution in [0.5, 0.6) is 0 Å². The van der Waals surface area contributed by atoms with Crippen molar-refractivity contribution in [2.24, 2.45) is 34.4 Å². The second-order valence-corrected chi connectivity index (χ2v) is 11.5. The first-order valence-corrected chi connectivity index (χ1v) is 13.6. The Balaban J connectivity index is 1.37. The van der Waals surface area contributed by atoms with E-state index in [1.165, 1.54) is 64.2 Å². The number of carbonyl (C=O) groups excluding carboxylic acids is 2. The zero-order valence-corrected chi connectivity index (χ0v) is 20.3. The maximum Gasteiger partial charge on any atom is 0.257 e. The number of hydrogen-bond donors (Lipinski definition) is 1. The van der Waals surface area contributed by atoms with E-state index >= 15 is 0 Å². The molecule has 32 heavy (non-hydrogen) atoms. The summed E-state index contributed by atoms with van der Waals surface area (Å²) in [6.45, 7) is 0. The van der Waals surface area contributed by atoms with E-state index in [9.17, 15) is 9.59 Å². The van der Waals surface area contributed by atoms with Gasteiger partial charge in [-0.3, -0.25) is 14.5 Å². The highest BCUT2D eigenvalue weighted by atomic mass is 16.2. The Bertz CT molecular complexity index is 693. The lowest BCUT2D eigenvalue weighted by Gasteiger charge is -2.35. The summed E-state index contributed by atoms with van der Waals surface area (Å²) >= 11 is 0. The molecule has 180 valence electrons. The first kappa shape index (κ1) is 23.8. The number of Topliss-reactive ketones (excluding diaryl/α,β-unsaturated/α-hetero) is 1. The molecule has 0 radical (unpaired) electrons. The van der Waals surface area contributed by atoms with Gasteiger partial charge in [-0.1, -0.05) is 70.6 Å². The number of rotatable bonds is 8. The predicted octanol–water partition coefficient (Wildman–Crippen LogP) is 5.61. The molecule has 1 heterocycles. The Morgan fingerprint density at radius 2 is 1.56 bits per heavy atom. The summed E-state index contributed by atoms with van der Waals surface area (Å²) in [4.78, 5) is 32.6. The van der Waals surface area contributed by atoms with E-state index in [4.69, 9.17) is 10.7 Å². The minimum absolute atomic E-state index is 0.103. The van der Waals surface area contributed by atoms with Gasteiger partial charge in [0.1, 0.15) is 11.3 Å². The molecule has 0 aromatic carbocycles. The lowest BCUT2D eigenvalue weighted by molar-refractivity contribution is -0.131. The SMILES string of the molecule is CN1C(=O)[C@@](CCC2CCCCC2)(C[C@H]2CCC[C@@H](CC(=O)C3CCCCC3)C2)N=C1N. The fraction of sp³-hybridized carbons (Fsp3) is 0.889. The lowest BCUT2D eigenvalue weighted by Crippen LogP contribution is -2.44. The van der Waals surface area contributed by atoms with E-state index in [0.717, 1.165) is 57.3 Å². The molecule has 2 N–H and O–H groups in total. The minimum Gasteiger partial charge on any atom is -0.369 e. The van der Waals surface area contributed by atoms with Crippen LogP contribution in [0.3, 0.4) is 0 Å². The average molecular weight is 444 g/mol. The van der Waals surface area contributed by atoms with Crippen molar-refractivity contribution in [3.05, 3.63) is 0 Å². The quantitative estimate of drug-likeness (QED) is 0.530. The smallest absolute Gasteiger partial charge is 0.257 e. The Hall–Kier alpha value is -1.39. The third-order valence-corrected chi connectivity index (χ3v) is 9.13. The van der Waals surface area contributed by atoms with E-state index in [-0.39, 0.29) is 5.91 Å². The Kier molecular flexibility index (Phi) is 7.94. The van der Waals surface area contributed by atoms with Gasteiger partial charge < -0.3 is 5.73 Å². The molecule has 5 heteroatoms. The summed E-state index contributed by atoms with van der Waals surface area (Å²) in [7, 11) is 1.77. The van der Waals surface area contributed by atoms with Crippen LogP contribution >= 0.6 is 0 Å². The molecule has 1 amide bonds. The van der Waals surface area contributed by atoms with Gasteiger partial charge in [-0.2, -0.15) is 0 Å². The highest BCUT2D eigenvalue weighted by Crippen LogP contribution is 2.42. The summed E-state index contributed by atoms with van der Waals surface area (Å²) in [5.41, 5.74) is 5.49. The van der Waals surface area contributed by atoms with Crippen molar-refractivity contribution in [1.82, 2.24) is 4.90 Å². The minimum atomic E-state index is -0.657. The van der Waals surface area contributed by atoms with Gasteiger partial charge in [-0.25, -0.2) is 4.99 Å². The van der Waals surface area contributed by atoms with Crippen molar-refractivity contribution in [1.29, 1.82) is 0 Å². The van der Waals surface area contributed by atoms with Gasteiger partial charge in [0.05, 0.1) is 0 Å². The molecule has 4 rings (SSSR count). The van der Waals surface area contributed by atoms with Gasteiger partial charge in [-0.15, -0.1) is 0 Å². The third kappa shape index (κ3) is 5.56. The van der Waals surface area contributed by atoms with Crippen LogP contribution in [0.15, 0.2) is 4.99 Å². The van der Waals surface area contributed by atoms with Gasteiger partial charge in [0.2, 0.25) is 0 Å². The van der Waals surface area contributed by atoms with Crippen LogP contribution in [0.4, 0.5) is 0 Å². The topological polar surface area (TPSA) is 75.8 Å². The number of ketones is 1. The molecular formula is C27H45N3O2. The fourth-order valence-electron chi connectivity index (χ4n) is 7.20. The van der Waals surface area contributed by atoms with Crippen molar-refractivity contribution < 1.29 is 9.59 Å². The number of hydrogen-bond acceptors (Lipinski definition) is 4. The number of carbonyl (C=O) groups is 2. The van der Waals surface area contributed by atoms with Crippen molar-refractivity contribution in [2.75, 3.05) is 7.05 Å². The van der Waals surface area contributed by atoms with Crippen molar-refractivity contribution in [3.8, 4) is 0 Å². The van der Waals surface area contributed by atoms with Crippen molar-refractivity contribution in [2.45, 2.75) is 121 Å². The van der Waals surface area contributed by atoms with Gasteiger partial charge in [-0.05, 0) is 56.3 Å². The second kappa shape index (κ2) is 10.7. The largest absolute Gasteiger partial charge is 0.369 e. The van der Waals surface area contributed by atoms with Crippen molar-refractivity contribution in [3.63, 3.8) is 0 Å². The molecular weight excluding hydrogens is 398 g/mol. The van der Waals surface area contributed by atoms with E-state index in [1.54, 1.807) is 11.9 Å². The molecule has 3 fully saturated rings. The summed E-state index contributed by atoms with van der Waals surface area (Å²) in [6.07, 6.45) is 20.7. The molecule has 3 saturated carbocycles. The van der Waals surface area contributed by atoms with Gasteiger partial charge in [0.15, 0.2) is 5.96 Å². The van der Waals surface area contributed by atoms with E-state index < -0.39 is 5.54 Å². The van der Waals surface area contributed by atoms with E-state index in [0.29, 0.717) is 29.5 Å². The fourth-order valence-corrected chi connectivity index (χ4v) is 7.20. The summed E-state index contributed by atoms with van der Waals surface area (Å²) in [5, 5.41) is 0. The molecule has 1 aliphatic heterocycles. The first-order chi connectivity index (χ1) is 15.5. The van der Waals surface area contributed by atoms with E-state index in [2.05, 4.69) is 0 Å². The van der Waals surface area contributed by atoms with Crippen LogP contribution in [0.2, 0.25) is 0 Å². The van der Waals surface area contributed by atoms with Crippen LogP contribution in [0.1, 0.15) is 116 Å². The van der Waals surface area contributed by atoms with Crippen LogP contribution in [0, 0.1) is 23.7 Å². The zero-order chi connectivity index (χ0) is 22.6. The number of amides is 1. The summed E-state index contributed by atoms with van der Waals surface area (Å²) in [5.74, 6) is 3.04. The Labute approximate surface area is 195 Å². The van der Waals surface area contributed by atoms with Crippen molar-refractivity contribution >= 4 is 17.6 Å². The Morgan fingerprint density at radius 1 is 0.938 bits per heavy atom. The third-order valence-electron chi connectivity index (χ3n) is 9.13. The van der Waals surface area contributed by atoms with Crippen LogP contribution in [0.25, 0.3) is 0 Å². The molecule has 0 spiro atoms. The van der Waals surface area contributed by atoms with E-state index in [1.807, 2.05) is 0 Å². The summed E-state index contributed by atoms with van der Waals surface area (Å²) in [6, 6.07) is 0. The monoisotopic (exact) mass is 443 g/mol. The summed E-state index contributed by atoms with van der Waals surface area (Å²) < 4.78 is 0. The highest BCUT2D eigenvalue weighted by Gasteiger charge is 2.48. The standard InChI is InChI=1S/C27H45N3O2/c1-30-25(32)27(29-26(30)28,16-15-20-9-4-2-5-10-20)19-22-12-8-11-21(17-22)18-24(31)23-13-6-3-7-14-23/h20-23H,2-19H2,1H3,(H2,28,29)/t21-,22+,27-/m1/s1. The number of aliphatic imine (C=N–C) groups is 1. The molecule has 0 bridgehead atoms. The van der Waals surface area contributed by atoms with Gasteiger partial charge in [0.25, 0.3) is 5.91 Å². The number of nitrogens with zero attached hydrogens (tertiary/aromatic N) is 2. The predicted molar refractivity (Wildman–Crippen MR) is 129 cm³/mol.